The second-order valence-corrected chi connectivity index (χ2v) is 7.19. The van der Waals surface area contributed by atoms with E-state index in [1.54, 1.807) is 34.9 Å². The van der Waals surface area contributed by atoms with E-state index in [1.807, 2.05) is 18.2 Å². The van der Waals surface area contributed by atoms with Gasteiger partial charge in [-0.3, -0.25) is 14.0 Å². The van der Waals surface area contributed by atoms with E-state index < -0.39 is 11.4 Å². The zero-order chi connectivity index (χ0) is 20.4. The Kier molecular flexibility index (Phi) is 5.04. The van der Waals surface area contributed by atoms with Crippen molar-refractivity contribution in [3.05, 3.63) is 60.0 Å². The summed E-state index contributed by atoms with van der Waals surface area (Å²) in [5.41, 5.74) is 7.15. The van der Waals surface area contributed by atoms with Crippen LogP contribution in [-0.4, -0.2) is 51.7 Å². The largest absolute Gasteiger partial charge is 0.394 e. The number of aromatic nitrogens is 2. The predicted molar refractivity (Wildman–Crippen MR) is 106 cm³/mol. The number of primary amides is 1. The first-order valence-corrected chi connectivity index (χ1v) is 9.41. The third-order valence-electron chi connectivity index (χ3n) is 5.33. The Bertz CT molecular complexity index is 1050. The summed E-state index contributed by atoms with van der Waals surface area (Å²) in [5.74, 6) is -0.631. The number of aliphatic hydroxyl groups is 1. The molecule has 0 spiro atoms. The van der Waals surface area contributed by atoms with Crippen molar-refractivity contribution in [1.82, 2.24) is 14.7 Å². The van der Waals surface area contributed by atoms with Crippen LogP contribution in [0, 0.1) is 0 Å². The SMILES string of the molecule is NC(=O)c1ccc(-c2nc(C(=O)NC3(CO)CCOCC3)n3ccccc23)cc1. The maximum atomic E-state index is 13.1. The number of aliphatic hydroxyl groups excluding tert-OH is 1. The Hall–Kier alpha value is -3.23. The Morgan fingerprint density at radius 3 is 2.55 bits per heavy atom. The molecule has 3 aromatic rings. The molecule has 0 saturated carbocycles. The van der Waals surface area contributed by atoms with Crippen LogP contribution in [-0.2, 0) is 4.74 Å². The number of pyridine rings is 1. The minimum atomic E-state index is -0.709. The summed E-state index contributed by atoms with van der Waals surface area (Å²) in [6.07, 6.45) is 2.86. The number of hydrogen-bond acceptors (Lipinski definition) is 5. The summed E-state index contributed by atoms with van der Waals surface area (Å²) in [6, 6.07) is 12.3. The second-order valence-electron chi connectivity index (χ2n) is 7.19. The molecule has 1 aliphatic rings. The lowest BCUT2D eigenvalue weighted by molar-refractivity contribution is 0.0123. The van der Waals surface area contributed by atoms with Gasteiger partial charge in [-0.2, -0.15) is 0 Å². The molecule has 4 rings (SSSR count). The zero-order valence-corrected chi connectivity index (χ0v) is 15.8. The smallest absolute Gasteiger partial charge is 0.288 e. The third-order valence-corrected chi connectivity index (χ3v) is 5.33. The van der Waals surface area contributed by atoms with Crippen molar-refractivity contribution in [3.63, 3.8) is 0 Å². The molecule has 0 bridgehead atoms. The monoisotopic (exact) mass is 394 g/mol. The lowest BCUT2D eigenvalue weighted by Gasteiger charge is -2.36. The van der Waals surface area contributed by atoms with Gasteiger partial charge in [0.05, 0.1) is 23.4 Å². The average molecular weight is 394 g/mol. The van der Waals surface area contributed by atoms with Crippen molar-refractivity contribution in [1.29, 1.82) is 0 Å². The van der Waals surface area contributed by atoms with Crippen LogP contribution < -0.4 is 11.1 Å². The Morgan fingerprint density at radius 1 is 1.17 bits per heavy atom. The minimum absolute atomic E-state index is 0.160. The summed E-state index contributed by atoms with van der Waals surface area (Å²) in [6.45, 7) is 0.814. The van der Waals surface area contributed by atoms with Crippen LogP contribution >= 0.6 is 0 Å². The number of hydrogen-bond donors (Lipinski definition) is 3. The van der Waals surface area contributed by atoms with Gasteiger partial charge in [-0.25, -0.2) is 4.98 Å². The normalized spacial score (nSPS) is 15.9. The molecule has 0 aliphatic carbocycles. The number of carbonyl (C=O) groups is 2. The van der Waals surface area contributed by atoms with E-state index >= 15 is 0 Å². The molecule has 4 N–H and O–H groups in total. The number of nitrogens with one attached hydrogen (secondary N) is 1. The van der Waals surface area contributed by atoms with E-state index in [-0.39, 0.29) is 18.3 Å². The molecular weight excluding hydrogens is 372 g/mol. The second kappa shape index (κ2) is 7.65. The van der Waals surface area contributed by atoms with E-state index in [2.05, 4.69) is 10.3 Å². The quantitative estimate of drug-likeness (QED) is 0.604. The highest BCUT2D eigenvalue weighted by molar-refractivity contribution is 5.96. The van der Waals surface area contributed by atoms with E-state index in [9.17, 15) is 14.7 Å². The summed E-state index contributed by atoms with van der Waals surface area (Å²) in [7, 11) is 0. The molecular formula is C21H22N4O4. The van der Waals surface area contributed by atoms with E-state index in [0.717, 1.165) is 11.1 Å². The number of carbonyl (C=O) groups excluding carboxylic acids is 2. The Morgan fingerprint density at radius 2 is 1.90 bits per heavy atom. The lowest BCUT2D eigenvalue weighted by atomic mass is 9.91. The van der Waals surface area contributed by atoms with Gasteiger partial charge in [-0.15, -0.1) is 0 Å². The van der Waals surface area contributed by atoms with Gasteiger partial charge in [0.15, 0.2) is 0 Å². The molecule has 1 aliphatic heterocycles. The fourth-order valence-corrected chi connectivity index (χ4v) is 3.58. The predicted octanol–water partition coefficient (Wildman–Crippen LogP) is 1.37. The number of imidazole rings is 1. The van der Waals surface area contributed by atoms with Crippen molar-refractivity contribution < 1.29 is 19.4 Å². The molecule has 0 radical (unpaired) electrons. The average Bonchev–Trinajstić information content (AvgIpc) is 3.14. The van der Waals surface area contributed by atoms with Gasteiger partial charge < -0.3 is 20.9 Å². The fourth-order valence-electron chi connectivity index (χ4n) is 3.58. The molecule has 1 aromatic carbocycles. The zero-order valence-electron chi connectivity index (χ0n) is 15.8. The van der Waals surface area contributed by atoms with Crippen molar-refractivity contribution in [3.8, 4) is 11.3 Å². The molecule has 2 amide bonds. The van der Waals surface area contributed by atoms with Gasteiger partial charge in [-0.05, 0) is 37.1 Å². The van der Waals surface area contributed by atoms with Gasteiger partial charge in [0, 0.05) is 30.5 Å². The number of fused-ring (bicyclic) bond motifs is 1. The van der Waals surface area contributed by atoms with Crippen molar-refractivity contribution >= 4 is 17.3 Å². The number of ether oxygens (including phenoxy) is 1. The molecule has 0 unspecified atom stereocenters. The van der Waals surface area contributed by atoms with Crippen LogP contribution in [0.5, 0.6) is 0 Å². The van der Waals surface area contributed by atoms with Crippen LogP contribution in [0.3, 0.4) is 0 Å². The lowest BCUT2D eigenvalue weighted by Crippen LogP contribution is -2.54. The Balaban J connectivity index is 1.72. The first kappa shape index (κ1) is 19.1. The molecule has 1 saturated heterocycles. The highest BCUT2D eigenvalue weighted by Gasteiger charge is 2.35. The maximum absolute atomic E-state index is 13.1. The standard InChI is InChI=1S/C21H22N4O4/c22-18(27)15-6-4-14(5-7-15)17-16-3-1-2-10-25(16)19(23-17)20(28)24-21(13-26)8-11-29-12-9-21/h1-7,10,26H,8-9,11-13H2,(H2,22,27)(H,24,28). The topological polar surface area (TPSA) is 119 Å². The molecule has 1 fully saturated rings. The molecule has 2 aromatic heterocycles. The first-order chi connectivity index (χ1) is 14.0. The number of nitrogens with two attached hydrogens (primary N) is 1. The van der Waals surface area contributed by atoms with Crippen molar-refractivity contribution in [2.75, 3.05) is 19.8 Å². The highest BCUT2D eigenvalue weighted by Crippen LogP contribution is 2.26. The van der Waals surface area contributed by atoms with Crippen LogP contribution in [0.25, 0.3) is 16.8 Å². The van der Waals surface area contributed by atoms with Gasteiger partial charge in [0.1, 0.15) is 0 Å². The molecule has 8 nitrogen and oxygen atoms in total. The van der Waals surface area contributed by atoms with Crippen LogP contribution in [0.1, 0.15) is 33.8 Å². The number of rotatable bonds is 5. The summed E-state index contributed by atoms with van der Waals surface area (Å²) >= 11 is 0. The molecule has 0 atom stereocenters. The molecule has 3 heterocycles. The third kappa shape index (κ3) is 3.59. The van der Waals surface area contributed by atoms with Gasteiger partial charge in [-0.1, -0.05) is 18.2 Å². The highest BCUT2D eigenvalue weighted by atomic mass is 16.5. The summed E-state index contributed by atoms with van der Waals surface area (Å²) < 4.78 is 7.08. The molecule has 150 valence electrons. The van der Waals surface area contributed by atoms with E-state index in [1.165, 1.54) is 0 Å². The molecule has 8 heteroatoms. The van der Waals surface area contributed by atoms with Crippen LogP contribution in [0.4, 0.5) is 0 Å². The maximum Gasteiger partial charge on any atom is 0.288 e. The van der Waals surface area contributed by atoms with Crippen molar-refractivity contribution in [2.45, 2.75) is 18.4 Å². The van der Waals surface area contributed by atoms with Gasteiger partial charge in [0.2, 0.25) is 11.7 Å². The number of benzene rings is 1. The summed E-state index contributed by atoms with van der Waals surface area (Å²) in [5, 5.41) is 12.8. The first-order valence-electron chi connectivity index (χ1n) is 9.41. The Labute approximate surface area is 167 Å². The number of nitrogens with zero attached hydrogens (tertiary/aromatic N) is 2. The number of amides is 2. The fraction of sp³-hybridized carbons (Fsp3) is 0.286. The van der Waals surface area contributed by atoms with E-state index in [4.69, 9.17) is 10.5 Å². The van der Waals surface area contributed by atoms with Crippen molar-refractivity contribution in [2.24, 2.45) is 5.73 Å². The van der Waals surface area contributed by atoms with Gasteiger partial charge >= 0.3 is 0 Å². The summed E-state index contributed by atoms with van der Waals surface area (Å²) in [4.78, 5) is 29.0. The minimum Gasteiger partial charge on any atom is -0.394 e. The van der Waals surface area contributed by atoms with Crippen LogP contribution in [0.15, 0.2) is 48.7 Å². The molecule has 29 heavy (non-hydrogen) atoms. The van der Waals surface area contributed by atoms with E-state index in [0.29, 0.717) is 37.3 Å². The van der Waals surface area contributed by atoms with Crippen LogP contribution in [0.2, 0.25) is 0 Å². The van der Waals surface area contributed by atoms with Gasteiger partial charge in [0.25, 0.3) is 5.91 Å².